The van der Waals surface area contributed by atoms with Crippen molar-refractivity contribution in [1.29, 1.82) is 0 Å². The number of likely N-dealkylation sites (N-methyl/N-ethyl adjacent to an activating group) is 1. The Labute approximate surface area is 276 Å². The number of ether oxygens (including phenoxy) is 1. The van der Waals surface area contributed by atoms with Gasteiger partial charge in [-0.05, 0) is 69.3 Å². The highest BCUT2D eigenvalue weighted by atomic mass is 19.1. The summed E-state index contributed by atoms with van der Waals surface area (Å²) < 4.78 is 22.4. The van der Waals surface area contributed by atoms with E-state index in [1.807, 2.05) is 14.0 Å². The molecule has 47 heavy (non-hydrogen) atoms. The molecule has 2 aliphatic rings. The Balaban J connectivity index is 1.53. The molecule has 3 N–H and O–H groups in total. The Kier molecular flexibility index (Phi) is 12.5. The van der Waals surface area contributed by atoms with Crippen LogP contribution in [-0.2, 0) is 25.7 Å². The number of aryl methyl sites for hydroxylation is 1. The number of benzene rings is 1. The first-order chi connectivity index (χ1) is 22.4. The number of piperazine rings is 1. The second kappa shape index (κ2) is 16.3. The third-order valence-corrected chi connectivity index (χ3v) is 9.73. The van der Waals surface area contributed by atoms with Gasteiger partial charge in [-0.15, -0.1) is 0 Å². The van der Waals surface area contributed by atoms with Gasteiger partial charge in [-0.2, -0.15) is 5.10 Å². The van der Waals surface area contributed by atoms with Crippen LogP contribution >= 0.6 is 0 Å². The van der Waals surface area contributed by atoms with E-state index in [0.717, 1.165) is 25.7 Å². The van der Waals surface area contributed by atoms with Gasteiger partial charge in [0.25, 0.3) is 5.91 Å². The molecule has 4 rings (SSSR count). The molecule has 0 radical (unpaired) electrons. The smallest absolute Gasteiger partial charge is 0.270 e. The lowest BCUT2D eigenvalue weighted by atomic mass is 9.79. The molecular weight excluding hydrogens is 605 g/mol. The zero-order valence-electron chi connectivity index (χ0n) is 28.4. The van der Waals surface area contributed by atoms with E-state index in [4.69, 9.17) is 4.74 Å². The van der Waals surface area contributed by atoms with Crippen molar-refractivity contribution >= 4 is 29.3 Å². The van der Waals surface area contributed by atoms with Crippen LogP contribution in [0.1, 0.15) is 75.3 Å². The fourth-order valence-electron chi connectivity index (χ4n) is 6.33. The molecule has 1 saturated carbocycles. The van der Waals surface area contributed by atoms with Crippen molar-refractivity contribution in [2.45, 2.75) is 84.0 Å². The van der Waals surface area contributed by atoms with Crippen molar-refractivity contribution < 1.29 is 28.3 Å². The topological polar surface area (TPSA) is 138 Å². The fourth-order valence-corrected chi connectivity index (χ4v) is 6.33. The van der Waals surface area contributed by atoms with Crippen molar-refractivity contribution in [2.75, 3.05) is 45.7 Å². The van der Waals surface area contributed by atoms with Crippen LogP contribution < -0.4 is 16.0 Å². The summed E-state index contributed by atoms with van der Waals surface area (Å²) in [5, 5.41) is 12.6. The average molecular weight is 656 g/mol. The first kappa shape index (κ1) is 36.0. The van der Waals surface area contributed by atoms with Crippen LogP contribution in [0.15, 0.2) is 30.5 Å². The quantitative estimate of drug-likeness (QED) is 0.320. The zero-order chi connectivity index (χ0) is 34.2. The number of nitrogens with zero attached hydrogens (tertiary/aromatic N) is 4. The van der Waals surface area contributed by atoms with Gasteiger partial charge in [0.15, 0.2) is 0 Å². The molecule has 1 aliphatic carbocycles. The fraction of sp³-hybridized carbons (Fsp3) is 0.618. The number of hydrogen-bond donors (Lipinski definition) is 3. The summed E-state index contributed by atoms with van der Waals surface area (Å²) in [5.74, 6) is -2.43. The van der Waals surface area contributed by atoms with Crippen molar-refractivity contribution in [3.63, 3.8) is 0 Å². The van der Waals surface area contributed by atoms with E-state index in [-0.39, 0.29) is 17.5 Å². The minimum absolute atomic E-state index is 0.0352. The number of rotatable bonds is 12. The second-order valence-electron chi connectivity index (χ2n) is 13.0. The Bertz CT molecular complexity index is 1400. The van der Waals surface area contributed by atoms with E-state index in [0.29, 0.717) is 49.9 Å². The molecule has 13 heteroatoms. The molecule has 2 heterocycles. The van der Waals surface area contributed by atoms with Gasteiger partial charge < -0.3 is 30.5 Å². The van der Waals surface area contributed by atoms with E-state index in [9.17, 15) is 19.2 Å². The maximum Gasteiger partial charge on any atom is 0.270 e. The van der Waals surface area contributed by atoms with Crippen LogP contribution in [0.25, 0.3) is 0 Å². The summed E-state index contributed by atoms with van der Waals surface area (Å²) in [7, 11) is 3.40. The van der Waals surface area contributed by atoms with Gasteiger partial charge in [-0.3, -0.25) is 23.9 Å². The van der Waals surface area contributed by atoms with E-state index in [1.165, 1.54) is 19.2 Å². The number of anilines is 1. The zero-order valence-corrected chi connectivity index (χ0v) is 28.4. The standard InChI is InChI=1S/C34H50FN7O5/c1-7-42-28(14-15-36-42)32(44)39-30(24-10-8-21(2)9-11-24)33(45)37-27-13-12-25(20-26(27)35)22(3)29(38-31(43)23(4)47-6)34(46)41-18-16-40(5)17-19-41/h12-15,20-24,29-30H,7-11,16-19H2,1-6H3,(H,37,45)(H,38,43)(H,39,44)/t21?,22-,23-,24?,29+,30-/m0/s1. The lowest BCUT2D eigenvalue weighted by Crippen LogP contribution is -2.56. The Morgan fingerprint density at radius 3 is 2.30 bits per heavy atom. The van der Waals surface area contributed by atoms with Crippen LogP contribution in [0.3, 0.4) is 0 Å². The SMILES string of the molecule is CCn1nccc1C(=O)N[C@H](C(=O)Nc1ccc([C@H](C)[C@@H](NC(=O)[C@H](C)OC)C(=O)N2CCN(C)CC2)cc1F)C1CCC(C)CC1. The van der Waals surface area contributed by atoms with Gasteiger partial charge in [0.2, 0.25) is 17.7 Å². The van der Waals surface area contributed by atoms with E-state index in [2.05, 4.69) is 32.9 Å². The maximum atomic E-state index is 15.7. The molecule has 0 bridgehead atoms. The van der Waals surface area contributed by atoms with Gasteiger partial charge in [-0.1, -0.05) is 32.8 Å². The van der Waals surface area contributed by atoms with Crippen LogP contribution in [0.2, 0.25) is 0 Å². The predicted molar refractivity (Wildman–Crippen MR) is 176 cm³/mol. The van der Waals surface area contributed by atoms with Crippen LogP contribution in [0.5, 0.6) is 0 Å². The predicted octanol–water partition coefficient (Wildman–Crippen LogP) is 3.00. The highest BCUT2D eigenvalue weighted by Crippen LogP contribution is 2.32. The van der Waals surface area contributed by atoms with Gasteiger partial charge in [-0.25, -0.2) is 4.39 Å². The number of aromatic nitrogens is 2. The van der Waals surface area contributed by atoms with Crippen LogP contribution in [-0.4, -0.2) is 102 Å². The van der Waals surface area contributed by atoms with Crippen LogP contribution in [0, 0.1) is 17.7 Å². The van der Waals surface area contributed by atoms with Crippen molar-refractivity contribution in [3.8, 4) is 0 Å². The first-order valence-corrected chi connectivity index (χ1v) is 16.7. The number of hydrogen-bond acceptors (Lipinski definition) is 7. The molecule has 0 unspecified atom stereocenters. The molecule has 2 aromatic rings. The summed E-state index contributed by atoms with van der Waals surface area (Å²) in [6, 6.07) is 4.19. The normalized spacial score (nSPS) is 21.3. The minimum Gasteiger partial charge on any atom is -0.372 e. The third-order valence-electron chi connectivity index (χ3n) is 9.73. The van der Waals surface area contributed by atoms with Gasteiger partial charge in [0.1, 0.15) is 29.7 Å². The lowest BCUT2D eigenvalue weighted by Gasteiger charge is -2.36. The summed E-state index contributed by atoms with van der Waals surface area (Å²) >= 11 is 0. The Morgan fingerprint density at radius 2 is 1.68 bits per heavy atom. The molecule has 1 aliphatic heterocycles. The third kappa shape index (κ3) is 8.95. The van der Waals surface area contributed by atoms with Gasteiger partial charge in [0.05, 0.1) is 5.69 Å². The number of carbonyl (C=O) groups is 4. The minimum atomic E-state index is -0.951. The van der Waals surface area contributed by atoms with E-state index >= 15 is 4.39 Å². The molecule has 4 atom stereocenters. The maximum absolute atomic E-state index is 15.7. The molecule has 2 fully saturated rings. The Hall–Kier alpha value is -3.84. The summed E-state index contributed by atoms with van der Waals surface area (Å²) in [6.45, 7) is 10.4. The molecule has 1 saturated heterocycles. The van der Waals surface area contributed by atoms with Gasteiger partial charge in [0, 0.05) is 51.9 Å². The summed E-state index contributed by atoms with van der Waals surface area (Å²) in [6.07, 6.45) is 4.17. The van der Waals surface area contributed by atoms with Crippen molar-refractivity contribution in [2.24, 2.45) is 11.8 Å². The monoisotopic (exact) mass is 655 g/mol. The molecule has 12 nitrogen and oxygen atoms in total. The molecule has 4 amide bonds. The largest absolute Gasteiger partial charge is 0.372 e. The number of amides is 4. The van der Waals surface area contributed by atoms with Gasteiger partial charge >= 0.3 is 0 Å². The second-order valence-corrected chi connectivity index (χ2v) is 13.0. The summed E-state index contributed by atoms with van der Waals surface area (Å²) in [4.78, 5) is 57.3. The average Bonchev–Trinajstić information content (AvgIpc) is 3.56. The summed E-state index contributed by atoms with van der Waals surface area (Å²) in [5.41, 5.74) is 0.802. The molecule has 0 spiro atoms. The molecule has 1 aromatic heterocycles. The molecular formula is C34H50FN7O5. The molecule has 1 aromatic carbocycles. The highest BCUT2D eigenvalue weighted by molar-refractivity contribution is 6.00. The lowest BCUT2D eigenvalue weighted by molar-refractivity contribution is -0.140. The van der Waals surface area contributed by atoms with Crippen molar-refractivity contribution in [3.05, 3.63) is 47.5 Å². The number of halogens is 1. The van der Waals surface area contributed by atoms with Crippen LogP contribution in [0.4, 0.5) is 10.1 Å². The van der Waals surface area contributed by atoms with E-state index in [1.54, 1.807) is 41.8 Å². The van der Waals surface area contributed by atoms with Crippen molar-refractivity contribution in [1.82, 2.24) is 30.2 Å². The highest BCUT2D eigenvalue weighted by Gasteiger charge is 2.36. The number of carbonyl (C=O) groups excluding carboxylic acids is 4. The Morgan fingerprint density at radius 1 is 1.00 bits per heavy atom. The molecule has 258 valence electrons. The van der Waals surface area contributed by atoms with E-state index < -0.39 is 47.6 Å². The first-order valence-electron chi connectivity index (χ1n) is 16.7. The number of nitrogens with one attached hydrogen (secondary N) is 3. The number of methoxy groups -OCH3 is 1.